The summed E-state index contributed by atoms with van der Waals surface area (Å²) < 4.78 is 39.6. The van der Waals surface area contributed by atoms with Crippen molar-refractivity contribution in [3.05, 3.63) is 77.7 Å². The molecule has 2 amide bonds. The number of carbonyl (C=O) groups is 2. The minimum absolute atomic E-state index is 0.108. The summed E-state index contributed by atoms with van der Waals surface area (Å²) in [5, 5.41) is 2.71. The molecule has 2 N–H and O–H groups in total. The Morgan fingerprint density at radius 2 is 1.81 bits per heavy atom. The fourth-order valence-electron chi connectivity index (χ4n) is 4.05. The molecule has 0 aliphatic carbocycles. The Hall–Kier alpha value is -3.79. The number of hydrogen-bond acceptors (Lipinski definition) is 6. The molecule has 0 bridgehead atoms. The number of sulfonamides is 1. The highest BCUT2D eigenvalue weighted by Crippen LogP contribution is 2.28. The van der Waals surface area contributed by atoms with Crippen LogP contribution in [0, 0.1) is 5.92 Å². The number of ether oxygens (including phenoxy) is 1. The molecule has 1 aromatic heterocycles. The number of amides is 2. The van der Waals surface area contributed by atoms with E-state index in [1.54, 1.807) is 29.2 Å². The number of benzene rings is 2. The molecule has 1 aliphatic heterocycles. The molecule has 0 radical (unpaired) electrons. The molecule has 190 valence electrons. The van der Waals surface area contributed by atoms with Crippen molar-refractivity contribution in [1.82, 2.24) is 10.2 Å². The van der Waals surface area contributed by atoms with Gasteiger partial charge < -0.3 is 19.4 Å². The maximum absolute atomic E-state index is 13.3. The van der Waals surface area contributed by atoms with Crippen molar-refractivity contribution in [2.24, 2.45) is 5.92 Å². The first-order valence-electron chi connectivity index (χ1n) is 11.7. The molecule has 0 saturated carbocycles. The van der Waals surface area contributed by atoms with Gasteiger partial charge in [-0.3, -0.25) is 14.3 Å². The van der Waals surface area contributed by atoms with Gasteiger partial charge in [-0.2, -0.15) is 0 Å². The molecule has 4 rings (SSSR count). The van der Waals surface area contributed by atoms with Gasteiger partial charge in [0.2, 0.25) is 0 Å². The van der Waals surface area contributed by atoms with Crippen molar-refractivity contribution in [1.29, 1.82) is 0 Å². The topological polar surface area (TPSA) is 118 Å². The largest absolute Gasteiger partial charge is 0.496 e. The average Bonchev–Trinajstić information content (AvgIpc) is 3.41. The predicted molar refractivity (Wildman–Crippen MR) is 134 cm³/mol. The van der Waals surface area contributed by atoms with Gasteiger partial charge in [0.1, 0.15) is 11.5 Å². The third-order valence-corrected chi connectivity index (χ3v) is 7.56. The molecule has 9 nitrogen and oxygen atoms in total. The fraction of sp³-hybridized carbons (Fsp3) is 0.308. The van der Waals surface area contributed by atoms with E-state index in [2.05, 4.69) is 17.0 Å². The monoisotopic (exact) mass is 511 g/mol. The first-order chi connectivity index (χ1) is 17.3. The average molecular weight is 512 g/mol. The number of likely N-dealkylation sites (tertiary alicyclic amines) is 1. The van der Waals surface area contributed by atoms with E-state index in [0.717, 1.165) is 12.8 Å². The number of methoxy groups -OCH3 is 1. The number of nitrogens with one attached hydrogen (secondary N) is 2. The van der Waals surface area contributed by atoms with Crippen LogP contribution < -0.4 is 14.8 Å². The second kappa shape index (κ2) is 10.9. The van der Waals surface area contributed by atoms with Crippen molar-refractivity contribution in [2.75, 3.05) is 24.9 Å². The smallest absolute Gasteiger partial charge is 0.261 e. The molecule has 1 fully saturated rings. The number of para-hydroxylation sites is 1. The van der Waals surface area contributed by atoms with Gasteiger partial charge in [-0.15, -0.1) is 0 Å². The zero-order valence-corrected chi connectivity index (χ0v) is 21.0. The second-order valence-corrected chi connectivity index (χ2v) is 10.4. The van der Waals surface area contributed by atoms with Crippen LogP contribution in [0.2, 0.25) is 0 Å². The van der Waals surface area contributed by atoms with Crippen molar-refractivity contribution in [2.45, 2.75) is 31.2 Å². The van der Waals surface area contributed by atoms with E-state index in [-0.39, 0.29) is 34.2 Å². The maximum Gasteiger partial charge on any atom is 0.261 e. The Labute approximate surface area is 210 Å². The molecule has 2 aromatic carbocycles. The van der Waals surface area contributed by atoms with E-state index in [4.69, 9.17) is 9.15 Å². The predicted octanol–water partition coefficient (Wildman–Crippen LogP) is 3.89. The van der Waals surface area contributed by atoms with Crippen molar-refractivity contribution >= 4 is 27.5 Å². The first-order valence-corrected chi connectivity index (χ1v) is 13.2. The van der Waals surface area contributed by atoms with Crippen LogP contribution in [0.5, 0.6) is 5.75 Å². The molecule has 1 aliphatic rings. The van der Waals surface area contributed by atoms with Crippen molar-refractivity contribution < 1.29 is 27.2 Å². The summed E-state index contributed by atoms with van der Waals surface area (Å²) >= 11 is 0. The van der Waals surface area contributed by atoms with Gasteiger partial charge >= 0.3 is 0 Å². The molecule has 36 heavy (non-hydrogen) atoms. The van der Waals surface area contributed by atoms with Crippen LogP contribution in [0.25, 0.3) is 0 Å². The number of anilines is 1. The minimum atomic E-state index is -4.12. The van der Waals surface area contributed by atoms with Crippen LogP contribution in [-0.2, 0) is 16.6 Å². The summed E-state index contributed by atoms with van der Waals surface area (Å²) in [6.45, 7) is 3.53. The quantitative estimate of drug-likeness (QED) is 0.474. The molecule has 10 heteroatoms. The van der Waals surface area contributed by atoms with E-state index in [9.17, 15) is 18.0 Å². The lowest BCUT2D eigenvalue weighted by atomic mass is 9.98. The van der Waals surface area contributed by atoms with Crippen LogP contribution in [-0.4, -0.2) is 45.3 Å². The lowest BCUT2D eigenvalue weighted by Gasteiger charge is -2.30. The number of rotatable bonds is 8. The second-order valence-electron chi connectivity index (χ2n) is 8.75. The van der Waals surface area contributed by atoms with Gasteiger partial charge in [-0.05, 0) is 61.2 Å². The Bertz CT molecular complexity index is 1330. The summed E-state index contributed by atoms with van der Waals surface area (Å²) in [5.41, 5.74) is 0.447. The van der Waals surface area contributed by atoms with Crippen LogP contribution in [0.3, 0.4) is 0 Å². The van der Waals surface area contributed by atoms with E-state index in [0.29, 0.717) is 30.5 Å². The van der Waals surface area contributed by atoms with Crippen LogP contribution in [0.4, 0.5) is 5.69 Å². The van der Waals surface area contributed by atoms with E-state index in [1.165, 1.54) is 43.7 Å². The Balaban J connectivity index is 1.57. The number of nitrogens with zero attached hydrogens (tertiary/aromatic N) is 1. The van der Waals surface area contributed by atoms with Crippen LogP contribution >= 0.6 is 0 Å². The van der Waals surface area contributed by atoms with Gasteiger partial charge in [0.05, 0.1) is 41.6 Å². The van der Waals surface area contributed by atoms with E-state index in [1.807, 2.05) is 0 Å². The van der Waals surface area contributed by atoms with Crippen molar-refractivity contribution in [3.8, 4) is 5.75 Å². The maximum atomic E-state index is 13.3. The first kappa shape index (κ1) is 25.3. The highest BCUT2D eigenvalue weighted by atomic mass is 32.2. The minimum Gasteiger partial charge on any atom is -0.496 e. The fourth-order valence-corrected chi connectivity index (χ4v) is 5.16. The van der Waals surface area contributed by atoms with Crippen molar-refractivity contribution in [3.63, 3.8) is 0 Å². The van der Waals surface area contributed by atoms with Gasteiger partial charge in [0, 0.05) is 13.1 Å². The van der Waals surface area contributed by atoms with Gasteiger partial charge in [0.15, 0.2) is 0 Å². The normalized spacial score (nSPS) is 14.3. The number of carbonyl (C=O) groups excluding carboxylic acids is 2. The molecule has 0 spiro atoms. The van der Waals surface area contributed by atoms with Crippen LogP contribution in [0.15, 0.2) is 70.2 Å². The lowest BCUT2D eigenvalue weighted by molar-refractivity contribution is 0.0693. The third kappa shape index (κ3) is 5.71. The molecule has 1 saturated heterocycles. The van der Waals surface area contributed by atoms with Gasteiger partial charge in [0.25, 0.3) is 21.8 Å². The van der Waals surface area contributed by atoms with E-state index >= 15 is 0 Å². The molecule has 0 unspecified atom stereocenters. The number of furan rings is 1. The molecular weight excluding hydrogens is 482 g/mol. The highest BCUT2D eigenvalue weighted by molar-refractivity contribution is 7.92. The zero-order valence-electron chi connectivity index (χ0n) is 20.2. The molecular formula is C26H29N3O6S. The number of piperidine rings is 1. The Morgan fingerprint density at radius 1 is 1.06 bits per heavy atom. The number of hydrogen-bond donors (Lipinski definition) is 2. The van der Waals surface area contributed by atoms with Crippen LogP contribution in [0.1, 0.15) is 46.2 Å². The lowest BCUT2D eigenvalue weighted by Crippen LogP contribution is -2.38. The SMILES string of the molecule is COc1ccc(S(=O)(=O)Nc2ccccc2C(=O)NCc2ccco2)cc1C(=O)N1CCC(C)CC1. The Morgan fingerprint density at radius 3 is 2.50 bits per heavy atom. The summed E-state index contributed by atoms with van der Waals surface area (Å²) in [7, 11) is -2.68. The summed E-state index contributed by atoms with van der Waals surface area (Å²) in [5.74, 6) is 0.682. The zero-order chi connectivity index (χ0) is 25.7. The summed E-state index contributed by atoms with van der Waals surface area (Å²) in [6.07, 6.45) is 3.29. The Kier molecular flexibility index (Phi) is 7.64. The standard InChI is InChI=1S/C26H29N3O6S/c1-18-11-13-29(14-12-18)26(31)22-16-20(9-10-24(22)34-2)36(32,33)28-23-8-4-3-7-21(23)25(30)27-17-19-6-5-15-35-19/h3-10,15-16,18,28H,11-14,17H2,1-2H3,(H,27,30). The third-order valence-electron chi connectivity index (χ3n) is 6.20. The van der Waals surface area contributed by atoms with E-state index < -0.39 is 15.9 Å². The van der Waals surface area contributed by atoms with Gasteiger partial charge in [-0.1, -0.05) is 19.1 Å². The summed E-state index contributed by atoms with van der Waals surface area (Å²) in [4.78, 5) is 27.6. The summed E-state index contributed by atoms with van der Waals surface area (Å²) in [6, 6.07) is 13.9. The molecule has 0 atom stereocenters. The highest BCUT2D eigenvalue weighted by Gasteiger charge is 2.26. The van der Waals surface area contributed by atoms with Gasteiger partial charge in [-0.25, -0.2) is 8.42 Å². The molecule has 2 heterocycles. The molecule has 3 aromatic rings.